The molecule has 0 saturated heterocycles. The zero-order chi connectivity index (χ0) is 19.1. The molecule has 0 fully saturated rings. The summed E-state index contributed by atoms with van der Waals surface area (Å²) in [5, 5.41) is 3.19. The Labute approximate surface area is 162 Å². The number of benzene rings is 3. The van der Waals surface area contributed by atoms with Crippen LogP contribution in [0.15, 0.2) is 84.9 Å². The van der Waals surface area contributed by atoms with E-state index in [2.05, 4.69) is 16.2 Å². The Kier molecular flexibility index (Phi) is 6.07. The van der Waals surface area contributed by atoms with Crippen molar-refractivity contribution in [3.63, 3.8) is 0 Å². The van der Waals surface area contributed by atoms with Crippen LogP contribution in [-0.2, 0) is 4.79 Å². The van der Waals surface area contributed by atoms with Crippen molar-refractivity contribution in [3.05, 3.63) is 101 Å². The van der Waals surface area contributed by atoms with E-state index >= 15 is 0 Å². The van der Waals surface area contributed by atoms with E-state index in [0.717, 1.165) is 11.1 Å². The first kappa shape index (κ1) is 18.5. The molecule has 5 nitrogen and oxygen atoms in total. The van der Waals surface area contributed by atoms with Crippen LogP contribution >= 0.6 is 11.6 Å². The molecule has 0 saturated carbocycles. The largest absolute Gasteiger partial charge is 0.337 e. The molecule has 0 spiro atoms. The Morgan fingerprint density at radius 2 is 1.22 bits per heavy atom. The minimum Gasteiger partial charge on any atom is -0.307 e. The number of hydrazine groups is 1. The van der Waals surface area contributed by atoms with Crippen LogP contribution < -0.4 is 16.2 Å². The molecule has 0 unspecified atom stereocenters. The van der Waals surface area contributed by atoms with Crippen LogP contribution in [0.3, 0.4) is 0 Å². The fourth-order valence-electron chi connectivity index (χ4n) is 2.67. The Bertz CT molecular complexity index is 860. The van der Waals surface area contributed by atoms with Crippen LogP contribution in [0, 0.1) is 0 Å². The highest BCUT2D eigenvalue weighted by Crippen LogP contribution is 2.24. The molecule has 3 amide bonds. The van der Waals surface area contributed by atoms with E-state index < -0.39 is 11.9 Å². The molecule has 0 aliphatic rings. The van der Waals surface area contributed by atoms with Crippen molar-refractivity contribution in [2.75, 3.05) is 5.32 Å². The Morgan fingerprint density at radius 3 is 1.74 bits per heavy atom. The average Bonchev–Trinajstić information content (AvgIpc) is 2.70. The molecule has 0 atom stereocenters. The van der Waals surface area contributed by atoms with Gasteiger partial charge in [-0.15, -0.1) is 0 Å². The lowest BCUT2D eigenvalue weighted by atomic mass is 9.91. The minimum atomic E-state index is -0.550. The van der Waals surface area contributed by atoms with Gasteiger partial charge in [-0.25, -0.2) is 10.2 Å². The number of rotatable bonds is 4. The lowest BCUT2D eigenvalue weighted by Crippen LogP contribution is -2.46. The number of amides is 3. The molecule has 27 heavy (non-hydrogen) atoms. The van der Waals surface area contributed by atoms with Gasteiger partial charge in [0.15, 0.2) is 0 Å². The second-order valence-corrected chi connectivity index (χ2v) is 6.27. The highest BCUT2D eigenvalue weighted by molar-refractivity contribution is 6.30. The molecule has 3 aromatic carbocycles. The summed E-state index contributed by atoms with van der Waals surface area (Å²) in [6.45, 7) is 0. The lowest BCUT2D eigenvalue weighted by Gasteiger charge is -2.18. The van der Waals surface area contributed by atoms with Crippen LogP contribution in [0.25, 0.3) is 0 Å². The van der Waals surface area contributed by atoms with Gasteiger partial charge < -0.3 is 5.32 Å². The quantitative estimate of drug-likeness (QED) is 0.590. The van der Waals surface area contributed by atoms with E-state index in [1.165, 1.54) is 0 Å². The van der Waals surface area contributed by atoms with E-state index in [0.29, 0.717) is 10.7 Å². The number of anilines is 1. The molecule has 6 heteroatoms. The maximum atomic E-state index is 12.8. The summed E-state index contributed by atoms with van der Waals surface area (Å²) in [5.41, 5.74) is 7.10. The SMILES string of the molecule is O=C(NNC(=O)C(c1ccccc1)c1ccccc1)Nc1ccc(Cl)cc1. The molecular formula is C21H18ClN3O2. The van der Waals surface area contributed by atoms with Crippen LogP contribution in [-0.4, -0.2) is 11.9 Å². The van der Waals surface area contributed by atoms with Crippen LogP contribution in [0.4, 0.5) is 10.5 Å². The summed E-state index contributed by atoms with van der Waals surface area (Å²) in [7, 11) is 0. The molecule has 0 heterocycles. The van der Waals surface area contributed by atoms with Crippen LogP contribution in [0.1, 0.15) is 17.0 Å². The summed E-state index contributed by atoms with van der Waals surface area (Å²) < 4.78 is 0. The number of nitrogens with one attached hydrogen (secondary N) is 3. The predicted octanol–water partition coefficient (Wildman–Crippen LogP) is 4.32. The van der Waals surface area contributed by atoms with Gasteiger partial charge in [0.2, 0.25) is 5.91 Å². The van der Waals surface area contributed by atoms with Crippen LogP contribution in [0.2, 0.25) is 5.02 Å². The Hall–Kier alpha value is -3.31. The van der Waals surface area contributed by atoms with Gasteiger partial charge in [-0.3, -0.25) is 10.2 Å². The molecule has 0 radical (unpaired) electrons. The zero-order valence-electron chi connectivity index (χ0n) is 14.4. The second-order valence-electron chi connectivity index (χ2n) is 5.83. The van der Waals surface area contributed by atoms with E-state index in [-0.39, 0.29) is 5.91 Å². The van der Waals surface area contributed by atoms with Gasteiger partial charge in [-0.2, -0.15) is 0 Å². The van der Waals surface area contributed by atoms with Crippen molar-refractivity contribution < 1.29 is 9.59 Å². The van der Waals surface area contributed by atoms with Crippen molar-refractivity contribution in [1.82, 2.24) is 10.9 Å². The molecular weight excluding hydrogens is 362 g/mol. The Balaban J connectivity index is 1.68. The number of hydrogen-bond acceptors (Lipinski definition) is 2. The monoisotopic (exact) mass is 379 g/mol. The topological polar surface area (TPSA) is 70.2 Å². The average molecular weight is 380 g/mol. The van der Waals surface area contributed by atoms with E-state index in [4.69, 9.17) is 11.6 Å². The van der Waals surface area contributed by atoms with Crippen molar-refractivity contribution in [3.8, 4) is 0 Å². The second kappa shape index (κ2) is 8.87. The number of hydrogen-bond donors (Lipinski definition) is 3. The fraction of sp³-hybridized carbons (Fsp3) is 0.0476. The molecule has 0 aromatic heterocycles. The normalized spacial score (nSPS) is 10.3. The van der Waals surface area contributed by atoms with Crippen molar-refractivity contribution in [1.29, 1.82) is 0 Å². The summed E-state index contributed by atoms with van der Waals surface area (Å²) in [5.74, 6) is -0.873. The smallest absolute Gasteiger partial charge is 0.307 e. The third kappa shape index (κ3) is 5.09. The third-order valence-corrected chi connectivity index (χ3v) is 4.18. The fourth-order valence-corrected chi connectivity index (χ4v) is 2.80. The predicted molar refractivity (Wildman–Crippen MR) is 106 cm³/mol. The van der Waals surface area contributed by atoms with Crippen LogP contribution in [0.5, 0.6) is 0 Å². The van der Waals surface area contributed by atoms with E-state index in [9.17, 15) is 9.59 Å². The van der Waals surface area contributed by atoms with Gasteiger partial charge in [0, 0.05) is 10.7 Å². The first-order valence-electron chi connectivity index (χ1n) is 8.36. The molecule has 0 bridgehead atoms. The first-order chi connectivity index (χ1) is 13.1. The number of halogens is 1. The lowest BCUT2D eigenvalue weighted by molar-refractivity contribution is -0.122. The number of carbonyl (C=O) groups is 2. The zero-order valence-corrected chi connectivity index (χ0v) is 15.1. The van der Waals surface area contributed by atoms with Crippen molar-refractivity contribution >= 4 is 29.2 Å². The van der Waals surface area contributed by atoms with Gasteiger partial charge in [-0.05, 0) is 35.4 Å². The van der Waals surface area contributed by atoms with E-state index in [1.54, 1.807) is 24.3 Å². The summed E-state index contributed by atoms with van der Waals surface area (Å²) in [6.07, 6.45) is 0. The maximum Gasteiger partial charge on any atom is 0.337 e. The van der Waals surface area contributed by atoms with Gasteiger partial charge in [-0.1, -0.05) is 72.3 Å². The summed E-state index contributed by atoms with van der Waals surface area (Å²) >= 11 is 5.82. The Morgan fingerprint density at radius 1 is 0.704 bits per heavy atom. The van der Waals surface area contributed by atoms with Crippen molar-refractivity contribution in [2.24, 2.45) is 0 Å². The molecule has 0 aliphatic heterocycles. The minimum absolute atomic E-state index is 0.335. The molecule has 136 valence electrons. The highest BCUT2D eigenvalue weighted by atomic mass is 35.5. The van der Waals surface area contributed by atoms with Gasteiger partial charge in [0.25, 0.3) is 0 Å². The summed E-state index contributed by atoms with van der Waals surface area (Å²) in [4.78, 5) is 24.8. The van der Waals surface area contributed by atoms with Gasteiger partial charge >= 0.3 is 6.03 Å². The standard InChI is InChI=1S/C21H18ClN3O2/c22-17-11-13-18(14-12-17)23-21(27)25-24-20(26)19(15-7-3-1-4-8-15)16-9-5-2-6-10-16/h1-14,19H,(H,24,26)(H2,23,25,27). The van der Waals surface area contributed by atoms with Gasteiger partial charge in [0.1, 0.15) is 0 Å². The van der Waals surface area contributed by atoms with Gasteiger partial charge in [0.05, 0.1) is 5.92 Å². The molecule has 3 N–H and O–H groups in total. The molecule has 3 aromatic rings. The third-order valence-electron chi connectivity index (χ3n) is 3.93. The maximum absolute atomic E-state index is 12.8. The molecule has 0 aliphatic carbocycles. The number of urea groups is 1. The summed E-state index contributed by atoms with van der Waals surface area (Å²) in [6, 6.07) is 24.9. The van der Waals surface area contributed by atoms with E-state index in [1.807, 2.05) is 60.7 Å². The molecule has 3 rings (SSSR count). The van der Waals surface area contributed by atoms with Crippen molar-refractivity contribution in [2.45, 2.75) is 5.92 Å². The first-order valence-corrected chi connectivity index (χ1v) is 8.73. The number of carbonyl (C=O) groups excluding carboxylic acids is 2. The highest BCUT2D eigenvalue weighted by Gasteiger charge is 2.22.